The number of guanidine groups is 1. The summed E-state index contributed by atoms with van der Waals surface area (Å²) in [5.41, 5.74) is 2.69. The standard InChI is InChI=1S/C22H19N5O4/c1-24-19-18(20(28)25(2)22(24)29)26-11-15(13-6-4-3-5-7-13)27(21(26)23-19)14-8-9-16-17(10-14)31-12-30-16/h3-11,18-19H,12H2,1-2H3. The molecule has 1 fully saturated rings. The summed E-state index contributed by atoms with van der Waals surface area (Å²) < 4.78 is 11.0. The van der Waals surface area contributed by atoms with E-state index >= 15 is 0 Å². The second-order valence-electron chi connectivity index (χ2n) is 7.74. The number of hydrogen-bond donors (Lipinski definition) is 0. The maximum atomic E-state index is 13.0. The van der Waals surface area contributed by atoms with Crippen LogP contribution >= 0.6 is 0 Å². The molecule has 0 bridgehead atoms. The first-order valence-corrected chi connectivity index (χ1v) is 9.92. The number of benzene rings is 2. The van der Waals surface area contributed by atoms with E-state index < -0.39 is 12.2 Å². The molecule has 9 heteroatoms. The van der Waals surface area contributed by atoms with Crippen LogP contribution in [0.15, 0.2) is 59.7 Å². The van der Waals surface area contributed by atoms with E-state index in [4.69, 9.17) is 14.5 Å². The van der Waals surface area contributed by atoms with E-state index in [1.165, 1.54) is 11.9 Å². The van der Waals surface area contributed by atoms with Crippen LogP contribution in [-0.4, -0.2) is 65.7 Å². The first-order chi connectivity index (χ1) is 15.0. The van der Waals surface area contributed by atoms with Crippen molar-refractivity contribution in [3.05, 3.63) is 60.3 Å². The van der Waals surface area contributed by atoms with Gasteiger partial charge in [-0.2, -0.15) is 0 Å². The first-order valence-electron chi connectivity index (χ1n) is 9.92. The Bertz CT molecular complexity index is 1180. The third kappa shape index (κ3) is 2.40. The fourth-order valence-corrected chi connectivity index (χ4v) is 4.41. The van der Waals surface area contributed by atoms with Crippen molar-refractivity contribution in [1.82, 2.24) is 14.7 Å². The highest BCUT2D eigenvalue weighted by molar-refractivity contribution is 6.16. The number of amides is 3. The molecule has 4 heterocycles. The normalized spacial score (nSPS) is 23.8. The Kier molecular flexibility index (Phi) is 3.59. The topological polar surface area (TPSA) is 77.9 Å². The zero-order chi connectivity index (χ0) is 21.3. The van der Waals surface area contributed by atoms with Gasteiger partial charge in [-0.15, -0.1) is 0 Å². The number of urea groups is 1. The summed E-state index contributed by atoms with van der Waals surface area (Å²) >= 11 is 0. The molecule has 156 valence electrons. The molecule has 2 aromatic carbocycles. The van der Waals surface area contributed by atoms with Crippen LogP contribution in [0, 0.1) is 0 Å². The minimum Gasteiger partial charge on any atom is -0.454 e. The van der Waals surface area contributed by atoms with Gasteiger partial charge in [0.15, 0.2) is 23.7 Å². The number of carbonyl (C=O) groups is 2. The lowest BCUT2D eigenvalue weighted by Gasteiger charge is -2.38. The van der Waals surface area contributed by atoms with Crippen molar-refractivity contribution in [2.45, 2.75) is 12.2 Å². The van der Waals surface area contributed by atoms with Gasteiger partial charge in [0.25, 0.3) is 5.91 Å². The molecular formula is C22H19N5O4. The maximum absolute atomic E-state index is 13.0. The lowest BCUT2D eigenvalue weighted by Crippen LogP contribution is -2.63. The van der Waals surface area contributed by atoms with Crippen molar-refractivity contribution < 1.29 is 19.1 Å². The van der Waals surface area contributed by atoms with Crippen molar-refractivity contribution in [2.24, 2.45) is 4.99 Å². The Labute approximate surface area is 178 Å². The predicted octanol–water partition coefficient (Wildman–Crippen LogP) is 2.12. The molecule has 4 aliphatic heterocycles. The lowest BCUT2D eigenvalue weighted by atomic mass is 10.1. The molecule has 0 saturated carbocycles. The Morgan fingerprint density at radius 1 is 1.00 bits per heavy atom. The molecule has 2 unspecified atom stereocenters. The number of aliphatic imine (C=N–C) groups is 1. The van der Waals surface area contributed by atoms with Crippen molar-refractivity contribution in [1.29, 1.82) is 0 Å². The van der Waals surface area contributed by atoms with E-state index in [0.29, 0.717) is 17.5 Å². The van der Waals surface area contributed by atoms with Crippen molar-refractivity contribution in [2.75, 3.05) is 25.8 Å². The predicted molar refractivity (Wildman–Crippen MR) is 112 cm³/mol. The van der Waals surface area contributed by atoms with E-state index in [9.17, 15) is 9.59 Å². The van der Waals surface area contributed by atoms with Crippen LogP contribution in [0.2, 0.25) is 0 Å². The zero-order valence-electron chi connectivity index (χ0n) is 16.9. The molecule has 4 aliphatic rings. The van der Waals surface area contributed by atoms with Gasteiger partial charge in [0.1, 0.15) is 0 Å². The van der Waals surface area contributed by atoms with Gasteiger partial charge in [-0.1, -0.05) is 30.3 Å². The van der Waals surface area contributed by atoms with E-state index in [0.717, 1.165) is 21.8 Å². The first kappa shape index (κ1) is 17.8. The summed E-state index contributed by atoms with van der Waals surface area (Å²) in [5, 5.41) is 0. The second kappa shape index (κ2) is 6.24. The van der Waals surface area contributed by atoms with Crippen molar-refractivity contribution in [3.8, 4) is 11.5 Å². The van der Waals surface area contributed by atoms with Gasteiger partial charge in [0.05, 0.1) is 11.4 Å². The molecule has 0 N–H and O–H groups in total. The number of likely N-dealkylation sites (N-methyl/N-ethyl adjacent to an activating group) is 2. The average molecular weight is 417 g/mol. The lowest BCUT2D eigenvalue weighted by molar-refractivity contribution is -0.135. The minimum atomic E-state index is -0.611. The van der Waals surface area contributed by atoms with Gasteiger partial charge >= 0.3 is 6.03 Å². The zero-order valence-corrected chi connectivity index (χ0v) is 16.9. The number of fused-ring (bicyclic) bond motifs is 4. The molecule has 0 radical (unpaired) electrons. The molecule has 2 atom stereocenters. The van der Waals surface area contributed by atoms with Gasteiger partial charge in [-0.05, 0) is 12.1 Å². The molecule has 0 spiro atoms. The molecule has 9 nitrogen and oxygen atoms in total. The summed E-state index contributed by atoms with van der Waals surface area (Å²) in [6, 6.07) is 14.6. The maximum Gasteiger partial charge on any atom is 0.328 e. The summed E-state index contributed by atoms with van der Waals surface area (Å²) in [5.74, 6) is 1.66. The van der Waals surface area contributed by atoms with Crippen LogP contribution in [0.3, 0.4) is 0 Å². The Morgan fingerprint density at radius 3 is 2.58 bits per heavy atom. The number of imide groups is 1. The quantitative estimate of drug-likeness (QED) is 0.745. The van der Waals surface area contributed by atoms with Gasteiger partial charge in [0, 0.05) is 31.9 Å². The van der Waals surface area contributed by atoms with Crippen molar-refractivity contribution >= 4 is 29.3 Å². The van der Waals surface area contributed by atoms with Crippen LogP contribution in [0.1, 0.15) is 5.56 Å². The summed E-state index contributed by atoms with van der Waals surface area (Å²) in [6.07, 6.45) is 1.34. The summed E-state index contributed by atoms with van der Waals surface area (Å²) in [4.78, 5) is 36.8. The molecule has 6 rings (SSSR count). The highest BCUT2D eigenvalue weighted by atomic mass is 16.7. The average Bonchev–Trinajstić information content (AvgIpc) is 3.49. The van der Waals surface area contributed by atoms with Gasteiger partial charge in [0.2, 0.25) is 12.8 Å². The molecule has 31 heavy (non-hydrogen) atoms. The number of ether oxygens (including phenoxy) is 2. The van der Waals surface area contributed by atoms with Crippen LogP contribution < -0.4 is 14.4 Å². The number of nitrogens with zero attached hydrogens (tertiary/aromatic N) is 5. The van der Waals surface area contributed by atoms with Gasteiger partial charge < -0.3 is 14.4 Å². The smallest absolute Gasteiger partial charge is 0.328 e. The van der Waals surface area contributed by atoms with Crippen LogP contribution in [0.25, 0.3) is 5.70 Å². The second-order valence-corrected chi connectivity index (χ2v) is 7.74. The monoisotopic (exact) mass is 417 g/mol. The Balaban J connectivity index is 1.49. The van der Waals surface area contributed by atoms with Gasteiger partial charge in [-0.3, -0.25) is 19.5 Å². The van der Waals surface area contributed by atoms with E-state index in [2.05, 4.69) is 0 Å². The van der Waals surface area contributed by atoms with Crippen LogP contribution in [-0.2, 0) is 4.79 Å². The Morgan fingerprint density at radius 2 is 1.77 bits per heavy atom. The number of anilines is 1. The van der Waals surface area contributed by atoms with Crippen LogP contribution in [0.4, 0.5) is 10.5 Å². The fourth-order valence-electron chi connectivity index (χ4n) is 4.41. The van der Waals surface area contributed by atoms with Crippen molar-refractivity contribution in [3.63, 3.8) is 0 Å². The van der Waals surface area contributed by atoms with E-state index in [-0.39, 0.29) is 18.7 Å². The van der Waals surface area contributed by atoms with Crippen LogP contribution in [0.5, 0.6) is 11.5 Å². The largest absolute Gasteiger partial charge is 0.454 e. The molecule has 0 aliphatic carbocycles. The van der Waals surface area contributed by atoms with E-state index in [1.54, 1.807) is 7.05 Å². The highest BCUT2D eigenvalue weighted by Crippen LogP contribution is 2.43. The molecule has 2 aromatic rings. The highest BCUT2D eigenvalue weighted by Gasteiger charge is 2.54. The van der Waals surface area contributed by atoms with E-state index in [1.807, 2.05) is 64.5 Å². The molecule has 0 aromatic heterocycles. The minimum absolute atomic E-state index is 0.186. The summed E-state index contributed by atoms with van der Waals surface area (Å²) in [7, 11) is 3.17. The number of rotatable bonds is 2. The number of carbonyl (C=O) groups excluding carboxylic acids is 2. The third-order valence-electron chi connectivity index (χ3n) is 6.02. The molecular weight excluding hydrogens is 398 g/mol. The molecule has 1 saturated heterocycles. The SMILES string of the molecule is CN1C(=O)C2C(N=C3N(c4ccc5c(c4)OCO5)C(c4ccccc4)=CN32)N(C)C1=O. The van der Waals surface area contributed by atoms with Gasteiger partial charge in [-0.25, -0.2) is 9.79 Å². The Hall–Kier alpha value is -4.01. The third-order valence-corrected chi connectivity index (χ3v) is 6.02. The fraction of sp³-hybridized carbons (Fsp3) is 0.227. The number of hydrogen-bond acceptors (Lipinski definition) is 7. The molecule has 3 amide bonds. The summed E-state index contributed by atoms with van der Waals surface area (Å²) in [6.45, 7) is 0.186.